The molecular weight excluding hydrogens is 386 g/mol. The molecule has 0 aromatic heterocycles. The number of esters is 1. The highest BCUT2D eigenvalue weighted by atomic mass is 35.5. The summed E-state index contributed by atoms with van der Waals surface area (Å²) >= 11 is 7.16. The Labute approximate surface area is 167 Å². The Balaban J connectivity index is 1.90. The van der Waals surface area contributed by atoms with Gasteiger partial charge in [-0.3, -0.25) is 14.4 Å². The molecule has 0 aliphatic rings. The van der Waals surface area contributed by atoms with Crippen LogP contribution >= 0.6 is 23.4 Å². The number of nitrogens with one attached hydrogen (secondary N) is 1. The minimum atomic E-state index is -0.966. The molecule has 2 aromatic rings. The van der Waals surface area contributed by atoms with E-state index < -0.39 is 23.2 Å². The lowest BCUT2D eigenvalue weighted by atomic mass is 10.1. The average Bonchev–Trinajstić information content (AvgIpc) is 2.63. The molecule has 0 spiro atoms. The smallest absolute Gasteiger partial charge is 0.319 e. The molecule has 2 aromatic carbocycles. The zero-order valence-corrected chi connectivity index (χ0v) is 16.8. The third-order valence-electron chi connectivity index (χ3n) is 3.66. The number of carbonyl (C=O) groups excluding carboxylic acids is 3. The third kappa shape index (κ3) is 6.41. The first-order chi connectivity index (χ1) is 12.8. The maximum Gasteiger partial charge on any atom is 0.319 e. The first-order valence-corrected chi connectivity index (χ1v) is 9.56. The summed E-state index contributed by atoms with van der Waals surface area (Å²) < 4.78 is 5.25. The van der Waals surface area contributed by atoms with Crippen LogP contribution in [0.4, 0.5) is 5.69 Å². The number of anilines is 1. The molecule has 7 heteroatoms. The van der Waals surface area contributed by atoms with Crippen molar-refractivity contribution in [1.82, 2.24) is 0 Å². The summed E-state index contributed by atoms with van der Waals surface area (Å²) in [7, 11) is 0. The molecular formula is C20H20ClNO4S. The number of rotatable bonds is 7. The maximum absolute atomic E-state index is 12.3. The number of hydrogen-bond donors (Lipinski definition) is 1. The van der Waals surface area contributed by atoms with E-state index in [1.54, 1.807) is 43.3 Å². The fraction of sp³-hybridized carbons (Fsp3) is 0.250. The van der Waals surface area contributed by atoms with E-state index in [9.17, 15) is 14.4 Å². The Hall–Kier alpha value is -2.31. The zero-order valence-electron chi connectivity index (χ0n) is 15.2. The highest BCUT2D eigenvalue weighted by Crippen LogP contribution is 2.25. The van der Waals surface area contributed by atoms with Gasteiger partial charge >= 0.3 is 5.97 Å². The predicted octanol–water partition coefficient (Wildman–Crippen LogP) is 4.59. The largest absolute Gasteiger partial charge is 0.452 e. The molecule has 27 heavy (non-hydrogen) atoms. The molecule has 0 bridgehead atoms. The van der Waals surface area contributed by atoms with E-state index in [2.05, 4.69) is 5.32 Å². The summed E-state index contributed by atoms with van der Waals surface area (Å²) in [5.74, 6) is -1.05. The fourth-order valence-electron chi connectivity index (χ4n) is 2.15. The number of thioether (sulfide) groups is 1. The van der Waals surface area contributed by atoms with Crippen molar-refractivity contribution < 1.29 is 19.1 Å². The fourth-order valence-corrected chi connectivity index (χ4v) is 3.13. The molecule has 0 saturated heterocycles. The molecule has 0 fully saturated rings. The summed E-state index contributed by atoms with van der Waals surface area (Å²) in [6, 6.07) is 13.7. The number of halogens is 1. The van der Waals surface area contributed by atoms with E-state index in [-0.39, 0.29) is 5.78 Å². The van der Waals surface area contributed by atoms with Gasteiger partial charge in [0.05, 0.1) is 0 Å². The van der Waals surface area contributed by atoms with Crippen LogP contribution in [0.1, 0.15) is 31.1 Å². The van der Waals surface area contributed by atoms with Gasteiger partial charge in [0.15, 0.2) is 11.9 Å². The molecule has 2 rings (SSSR count). The van der Waals surface area contributed by atoms with Crippen LogP contribution in [0.3, 0.4) is 0 Å². The number of Topliss-reactive ketones (excluding diaryl/α,β-unsaturated/α-hetero) is 1. The van der Waals surface area contributed by atoms with Crippen molar-refractivity contribution in [3.63, 3.8) is 0 Å². The van der Waals surface area contributed by atoms with Gasteiger partial charge in [-0.2, -0.15) is 0 Å². The molecule has 1 amide bonds. The van der Waals surface area contributed by atoms with Crippen LogP contribution in [0.25, 0.3) is 0 Å². The number of amides is 1. The number of carbonyl (C=O) groups is 3. The van der Waals surface area contributed by atoms with Gasteiger partial charge in [0.1, 0.15) is 5.25 Å². The second-order valence-electron chi connectivity index (χ2n) is 5.92. The van der Waals surface area contributed by atoms with E-state index in [0.29, 0.717) is 16.3 Å². The quantitative estimate of drug-likeness (QED) is 0.414. The van der Waals surface area contributed by atoms with Crippen LogP contribution in [0, 0.1) is 0 Å². The number of hydrogen-bond acceptors (Lipinski definition) is 5. The van der Waals surface area contributed by atoms with E-state index in [1.165, 1.54) is 25.6 Å². The van der Waals surface area contributed by atoms with Crippen molar-refractivity contribution in [3.05, 3.63) is 59.1 Å². The lowest BCUT2D eigenvalue weighted by Crippen LogP contribution is -2.32. The van der Waals surface area contributed by atoms with Gasteiger partial charge in [0.25, 0.3) is 5.91 Å². The molecule has 0 unspecified atom stereocenters. The van der Waals surface area contributed by atoms with Gasteiger partial charge in [-0.05, 0) is 57.2 Å². The van der Waals surface area contributed by atoms with Crippen molar-refractivity contribution in [1.29, 1.82) is 0 Å². The summed E-state index contributed by atoms with van der Waals surface area (Å²) in [6.45, 7) is 4.66. The van der Waals surface area contributed by atoms with Crippen LogP contribution < -0.4 is 5.32 Å². The molecule has 0 aliphatic carbocycles. The Morgan fingerprint density at radius 2 is 1.74 bits per heavy atom. The SMILES string of the molecule is CC(=O)c1cccc(NC(=O)[C@H](C)OC(=O)[C@H](C)Sc2ccc(Cl)cc2)c1. The standard InChI is InChI=1S/C20H20ClNO4S/c1-12(23)15-5-4-6-17(11-15)22-19(24)13(2)26-20(25)14(3)27-18-9-7-16(21)8-10-18/h4-11,13-14H,1-3H3,(H,22,24)/t13-,14-/m0/s1. The Morgan fingerprint density at radius 1 is 1.07 bits per heavy atom. The number of ether oxygens (including phenoxy) is 1. The molecule has 0 radical (unpaired) electrons. The van der Waals surface area contributed by atoms with Crippen LogP contribution in [-0.4, -0.2) is 29.0 Å². The molecule has 0 saturated carbocycles. The highest BCUT2D eigenvalue weighted by molar-refractivity contribution is 8.00. The molecule has 1 N–H and O–H groups in total. The summed E-state index contributed by atoms with van der Waals surface area (Å²) in [5, 5.41) is 2.78. The Kier molecular flexibility index (Phi) is 7.45. The molecule has 0 heterocycles. The van der Waals surface area contributed by atoms with Gasteiger partial charge in [-0.25, -0.2) is 0 Å². The van der Waals surface area contributed by atoms with Crippen LogP contribution in [0.2, 0.25) is 5.02 Å². The van der Waals surface area contributed by atoms with Crippen LogP contribution in [0.5, 0.6) is 0 Å². The van der Waals surface area contributed by atoms with Gasteiger partial charge in [0, 0.05) is 21.2 Å². The second kappa shape index (κ2) is 9.58. The number of benzene rings is 2. The normalized spacial score (nSPS) is 12.7. The highest BCUT2D eigenvalue weighted by Gasteiger charge is 2.23. The van der Waals surface area contributed by atoms with E-state index in [4.69, 9.17) is 16.3 Å². The summed E-state index contributed by atoms with van der Waals surface area (Å²) in [4.78, 5) is 36.8. The zero-order chi connectivity index (χ0) is 20.0. The van der Waals surface area contributed by atoms with Crippen molar-refractivity contribution >= 4 is 46.7 Å². The Morgan fingerprint density at radius 3 is 2.37 bits per heavy atom. The summed E-state index contributed by atoms with van der Waals surface area (Å²) in [5.41, 5.74) is 0.963. The molecule has 0 aliphatic heterocycles. The van der Waals surface area contributed by atoms with E-state index in [1.807, 2.05) is 12.1 Å². The third-order valence-corrected chi connectivity index (χ3v) is 5.00. The minimum absolute atomic E-state index is 0.0985. The monoisotopic (exact) mass is 405 g/mol. The molecule has 142 valence electrons. The van der Waals surface area contributed by atoms with Crippen molar-refractivity contribution in [2.45, 2.75) is 37.0 Å². The molecule has 2 atom stereocenters. The van der Waals surface area contributed by atoms with Crippen molar-refractivity contribution in [2.24, 2.45) is 0 Å². The van der Waals surface area contributed by atoms with E-state index >= 15 is 0 Å². The average molecular weight is 406 g/mol. The molecule has 5 nitrogen and oxygen atoms in total. The minimum Gasteiger partial charge on any atom is -0.452 e. The van der Waals surface area contributed by atoms with Crippen molar-refractivity contribution in [2.75, 3.05) is 5.32 Å². The van der Waals surface area contributed by atoms with Crippen LogP contribution in [-0.2, 0) is 14.3 Å². The van der Waals surface area contributed by atoms with Crippen molar-refractivity contribution in [3.8, 4) is 0 Å². The lowest BCUT2D eigenvalue weighted by molar-refractivity contribution is -0.152. The maximum atomic E-state index is 12.3. The second-order valence-corrected chi connectivity index (χ2v) is 7.77. The van der Waals surface area contributed by atoms with Gasteiger partial charge in [-0.1, -0.05) is 23.7 Å². The lowest BCUT2D eigenvalue weighted by Gasteiger charge is -2.16. The number of ketones is 1. The van der Waals surface area contributed by atoms with Gasteiger partial charge in [-0.15, -0.1) is 11.8 Å². The van der Waals surface area contributed by atoms with Crippen LogP contribution in [0.15, 0.2) is 53.4 Å². The Bertz CT molecular complexity index is 838. The first kappa shape index (κ1) is 21.0. The van der Waals surface area contributed by atoms with E-state index in [0.717, 1.165) is 4.90 Å². The van der Waals surface area contributed by atoms with Gasteiger partial charge in [0.2, 0.25) is 0 Å². The predicted molar refractivity (Wildman–Crippen MR) is 107 cm³/mol. The first-order valence-electron chi connectivity index (χ1n) is 8.31. The summed E-state index contributed by atoms with van der Waals surface area (Å²) in [6.07, 6.45) is -0.966. The topological polar surface area (TPSA) is 72.5 Å². The van der Waals surface area contributed by atoms with Gasteiger partial charge < -0.3 is 10.1 Å².